The van der Waals surface area contributed by atoms with E-state index < -0.39 is 35.2 Å². The molecule has 3 rings (SSSR count). The number of benzene rings is 1. The third-order valence-corrected chi connectivity index (χ3v) is 22.7. The van der Waals surface area contributed by atoms with Crippen LogP contribution in [0.4, 0.5) is 0 Å². The summed E-state index contributed by atoms with van der Waals surface area (Å²) in [5, 5.41) is 7.00. The summed E-state index contributed by atoms with van der Waals surface area (Å²) in [7, 11) is -3.86. The maximum atomic E-state index is 10.6. The molecule has 2 aromatic heterocycles. The quantitative estimate of drug-likeness (QED) is 0.0243. The summed E-state index contributed by atoms with van der Waals surface area (Å²) in [5.74, 6) is 0.00981. The fourth-order valence-corrected chi connectivity index (χ4v) is 16.3. The van der Waals surface area contributed by atoms with E-state index in [1.165, 1.54) is 6.92 Å². The van der Waals surface area contributed by atoms with Crippen LogP contribution in [-0.4, -0.2) is 203 Å². The minimum atomic E-state index is -2.55. The predicted octanol–water partition coefficient (Wildman–Crippen LogP) is 3.70. The minimum Gasteiger partial charge on any atom is -1.00 e. The van der Waals surface area contributed by atoms with Gasteiger partial charge in [0.1, 0.15) is 5.69 Å². The number of carbonyl (C=O) groups is 1. The zero-order valence-corrected chi connectivity index (χ0v) is 60.7. The van der Waals surface area contributed by atoms with Crippen molar-refractivity contribution in [2.45, 2.75) is 164 Å². The number of aliphatic hydroxyl groups is 1. The molecule has 0 aliphatic heterocycles. The molecule has 0 fully saturated rings. The van der Waals surface area contributed by atoms with Gasteiger partial charge in [0, 0.05) is 144 Å². The molecule has 91 heavy (non-hydrogen) atoms. The number of Topliss-reactive ketones (excluding diaryl/α,β-unsaturated/α-hetero) is 1. The number of aliphatic hydroxyl groups excluding tert-OH is 1. The maximum Gasteiger partial charge on any atom is 1.00 e. The maximum absolute atomic E-state index is 10.6. The standard InChI is InChI=1S/C15H26N2O3Si.C15H24NO3Si.C9H23NO3Si.C8H21NO3Si.C7H7NO.CH4O.5CH4.2ClH.Cu.4H2O/c1-5-19-21(18-4,20-6-2)13-9-12-16-14(3)15-10-7-8-11-17-15;1-5-18-20(17-4,19-6-2)13-12-16-14(3)15-10-8-7-9-11-15;1-4-11-14(12-5-2,13-6-3)9-7-8-10;1-4-11-13(10-3,12-5-2)8-6-7-9;1-6(9)7-4-2-3-5-8-7;1-2;;;;;;;;;;;;/h7-8,10-11H,5-6,9,12-13H2,1-4H3;7-10H,5-6,12-13H2,1-4H3;4-10H2,1-3H3;4-9H2,1-3H3;2-5H,1H3;2H,1H3;5*1H4;2*1H;;4*1H2/q;-1;;;;;;;;;;;;+1;;;;/p-3. The van der Waals surface area contributed by atoms with Crippen LogP contribution >= 0.6 is 0 Å². The molecule has 0 aliphatic carbocycles. The SMILES string of the molecule is C.C.C.C.C.CC(=O)c1ccccn1.CCO[Si](CCCN)(OC)OCC.CCO[Si](CCCN)(OCC)OCC.CCO[Si](CCCN=C(C)c1ccccn1)(OC)OCC.CCO[Si](CCN=C(C)c1[c-]cccc1)(OC)OCC.CO.O.O.O.[Cl-].[Cl-].[Cu+].[OH-]. The smallest absolute Gasteiger partial charge is 1.00 e. The van der Waals surface area contributed by atoms with Gasteiger partial charge in [-0.2, -0.15) is 0 Å². The topological polar surface area (TPSA) is 375 Å². The Labute approximate surface area is 581 Å². The fraction of sp³-hybridized carbons (Fsp3) is 0.683. The van der Waals surface area contributed by atoms with E-state index in [2.05, 4.69) is 26.0 Å². The average Bonchev–Trinajstić information content (AvgIpc) is 3.47. The summed E-state index contributed by atoms with van der Waals surface area (Å²) < 4.78 is 67.4. The summed E-state index contributed by atoms with van der Waals surface area (Å²) in [6, 6.07) is 25.2. The molecule has 31 heteroatoms. The number of ketones is 1. The van der Waals surface area contributed by atoms with Crippen LogP contribution in [-0.2, 0) is 70.2 Å². The minimum absolute atomic E-state index is 0. The van der Waals surface area contributed by atoms with Crippen molar-refractivity contribution in [3.63, 3.8) is 0 Å². The Bertz CT molecular complexity index is 1890. The molecule has 0 saturated heterocycles. The molecule has 12 N–H and O–H groups in total. The molecule has 0 aliphatic rings. The summed E-state index contributed by atoms with van der Waals surface area (Å²) in [6.45, 7) is 31.3. The van der Waals surface area contributed by atoms with Gasteiger partial charge in [0.05, 0.1) is 11.4 Å². The zero-order valence-electron chi connectivity index (χ0n) is 54.3. The normalized spacial score (nSPS) is 10.2. The first-order valence-electron chi connectivity index (χ1n) is 27.7. The Morgan fingerprint density at radius 3 is 1.07 bits per heavy atom. The van der Waals surface area contributed by atoms with Crippen LogP contribution in [0.3, 0.4) is 0 Å². The second-order valence-corrected chi connectivity index (χ2v) is 27.4. The average molecular weight is 1470 g/mol. The number of pyridine rings is 2. The van der Waals surface area contributed by atoms with Crippen LogP contribution in [0.1, 0.15) is 161 Å². The number of rotatable bonds is 37. The van der Waals surface area contributed by atoms with E-state index in [0.29, 0.717) is 90.8 Å². The number of carbonyl (C=O) groups excluding carboxylic acids is 1. The first-order valence-corrected chi connectivity index (χ1v) is 35.4. The fourth-order valence-electron chi connectivity index (χ4n) is 7.01. The molecule has 0 saturated carbocycles. The molecule has 2 heterocycles. The van der Waals surface area contributed by atoms with E-state index in [9.17, 15) is 4.79 Å². The number of hydrogen-bond donors (Lipinski definition) is 3. The Hall–Kier alpha value is -2.26. The van der Waals surface area contributed by atoms with Gasteiger partial charge >= 0.3 is 52.3 Å². The van der Waals surface area contributed by atoms with Gasteiger partial charge in [-0.05, 0) is 132 Å². The van der Waals surface area contributed by atoms with Crippen molar-refractivity contribution in [3.8, 4) is 0 Å². The van der Waals surface area contributed by atoms with Crippen molar-refractivity contribution in [1.82, 2.24) is 9.97 Å². The Balaban J connectivity index is -0.0000000599. The number of hydrogen-bond acceptors (Lipinski definition) is 21. The van der Waals surface area contributed by atoms with Crippen LogP contribution < -0.4 is 36.3 Å². The molecule has 3 aromatic rings. The van der Waals surface area contributed by atoms with E-state index in [0.717, 1.165) is 73.7 Å². The Morgan fingerprint density at radius 2 is 0.780 bits per heavy atom. The van der Waals surface area contributed by atoms with Gasteiger partial charge in [-0.25, -0.2) is 0 Å². The Kier molecular flexibility index (Phi) is 116. The first kappa shape index (κ1) is 126. The van der Waals surface area contributed by atoms with Crippen molar-refractivity contribution in [2.24, 2.45) is 21.5 Å². The van der Waals surface area contributed by atoms with Crippen LogP contribution in [0, 0.1) is 6.07 Å². The van der Waals surface area contributed by atoms with Gasteiger partial charge in [-0.3, -0.25) is 19.8 Å². The van der Waals surface area contributed by atoms with E-state index >= 15 is 0 Å². The van der Waals surface area contributed by atoms with Gasteiger partial charge in [-0.15, -0.1) is 35.9 Å². The molecule has 0 spiro atoms. The van der Waals surface area contributed by atoms with Gasteiger partial charge < -0.3 is 121 Å². The summed E-state index contributed by atoms with van der Waals surface area (Å²) in [5.41, 5.74) is 15.3. The molecule has 0 unspecified atom stereocenters. The largest absolute Gasteiger partial charge is 1.00 e. The van der Waals surface area contributed by atoms with E-state index in [1.807, 2.05) is 119 Å². The Morgan fingerprint density at radius 1 is 0.473 bits per heavy atom. The number of aliphatic imine (C=N–C) groups is 2. The first-order chi connectivity index (χ1) is 38.1. The second kappa shape index (κ2) is 83.8. The molecule has 0 radical (unpaired) electrons. The summed E-state index contributed by atoms with van der Waals surface area (Å²) in [4.78, 5) is 27.8. The van der Waals surface area contributed by atoms with Crippen LogP contribution in [0.25, 0.3) is 0 Å². The van der Waals surface area contributed by atoms with Crippen LogP contribution in [0.15, 0.2) is 83.0 Å². The van der Waals surface area contributed by atoms with Gasteiger partial charge in [0.15, 0.2) is 5.78 Å². The van der Waals surface area contributed by atoms with Crippen molar-refractivity contribution >= 4 is 52.4 Å². The predicted molar refractivity (Wildman–Crippen MR) is 372 cm³/mol. The zero-order chi connectivity index (χ0) is 60.1. The number of aromatic nitrogens is 2. The van der Waals surface area contributed by atoms with Gasteiger partial charge in [0.2, 0.25) is 0 Å². The number of halogens is 2. The molecular formula is C60H132Cl2CuN6O18Si4-3. The molecule has 1 aromatic carbocycles. The molecule has 0 atom stereocenters. The van der Waals surface area contributed by atoms with Crippen molar-refractivity contribution in [2.75, 3.05) is 114 Å². The number of nitrogens with two attached hydrogens (primary N) is 2. The summed E-state index contributed by atoms with van der Waals surface area (Å²) >= 11 is 0. The van der Waals surface area contributed by atoms with Gasteiger partial charge in [0.25, 0.3) is 0 Å². The van der Waals surface area contributed by atoms with Crippen molar-refractivity contribution in [3.05, 3.63) is 96.1 Å². The third kappa shape index (κ3) is 59.9. The second-order valence-electron chi connectivity index (χ2n) is 16.1. The molecule has 0 amide bonds. The van der Waals surface area contributed by atoms with Crippen LogP contribution in [0.5, 0.6) is 0 Å². The van der Waals surface area contributed by atoms with E-state index in [-0.39, 0.29) is 107 Å². The van der Waals surface area contributed by atoms with Crippen molar-refractivity contribution in [1.29, 1.82) is 0 Å². The summed E-state index contributed by atoms with van der Waals surface area (Å²) in [6.07, 6.45) is 6.05. The molecule has 0 bridgehead atoms. The van der Waals surface area contributed by atoms with E-state index in [1.54, 1.807) is 51.9 Å². The molecular weight excluding hydrogens is 1340 g/mol. The molecule has 554 valence electrons. The van der Waals surface area contributed by atoms with Gasteiger partial charge in [-0.1, -0.05) is 56.2 Å². The van der Waals surface area contributed by atoms with Crippen LogP contribution in [0.2, 0.25) is 24.2 Å². The van der Waals surface area contributed by atoms with E-state index in [4.69, 9.17) is 69.7 Å². The number of nitrogens with zero attached hydrogens (tertiary/aromatic N) is 4. The third-order valence-electron chi connectivity index (χ3n) is 10.5. The van der Waals surface area contributed by atoms with Crippen molar-refractivity contribution < 1.29 is 127 Å². The monoisotopic (exact) mass is 1470 g/mol. The molecule has 24 nitrogen and oxygen atoms in total.